The Kier molecular flexibility index (Phi) is 4.99. The molecule has 4 rings (SSSR count). The molecule has 1 aliphatic heterocycles. The van der Waals surface area contributed by atoms with Crippen LogP contribution in [0.1, 0.15) is 18.1 Å². The molecule has 1 atom stereocenters. The van der Waals surface area contributed by atoms with Crippen LogP contribution in [0.15, 0.2) is 76.8 Å². The number of aliphatic imine (C=N–C) groups is 2. The van der Waals surface area contributed by atoms with Crippen molar-refractivity contribution in [2.75, 3.05) is 26.1 Å². The predicted molar refractivity (Wildman–Crippen MR) is 123 cm³/mol. The zero-order chi connectivity index (χ0) is 21.3. The maximum absolute atomic E-state index is 6.19. The van der Waals surface area contributed by atoms with Gasteiger partial charge in [0.15, 0.2) is 0 Å². The van der Waals surface area contributed by atoms with Gasteiger partial charge in [-0.15, -0.1) is 0 Å². The molecule has 2 heterocycles. The van der Waals surface area contributed by atoms with Crippen molar-refractivity contribution in [1.82, 2.24) is 4.98 Å². The number of benzene rings is 2. The van der Waals surface area contributed by atoms with Crippen molar-refractivity contribution in [2.24, 2.45) is 15.7 Å². The third kappa shape index (κ3) is 3.41. The van der Waals surface area contributed by atoms with Crippen LogP contribution in [-0.4, -0.2) is 37.7 Å². The Morgan fingerprint density at radius 3 is 2.27 bits per heavy atom. The van der Waals surface area contributed by atoms with Crippen LogP contribution in [0.2, 0.25) is 0 Å². The monoisotopic (exact) mass is 399 g/mol. The van der Waals surface area contributed by atoms with Gasteiger partial charge in [0.25, 0.3) is 0 Å². The predicted octanol–water partition coefficient (Wildman–Crippen LogP) is 3.86. The summed E-state index contributed by atoms with van der Waals surface area (Å²) in [5.41, 5.74) is 9.96. The van der Waals surface area contributed by atoms with E-state index >= 15 is 0 Å². The maximum Gasteiger partial charge on any atom is 0.204 e. The largest absolute Gasteiger partial charge is 0.497 e. The summed E-state index contributed by atoms with van der Waals surface area (Å²) in [4.78, 5) is 16.2. The molecule has 0 fully saturated rings. The zero-order valence-electron chi connectivity index (χ0n) is 17.6. The minimum absolute atomic E-state index is 0.449. The van der Waals surface area contributed by atoms with E-state index in [-0.39, 0.29) is 0 Å². The molecule has 0 amide bonds. The highest BCUT2D eigenvalue weighted by atomic mass is 16.5. The van der Waals surface area contributed by atoms with Gasteiger partial charge in [-0.1, -0.05) is 30.3 Å². The van der Waals surface area contributed by atoms with Gasteiger partial charge in [-0.25, -0.2) is 15.0 Å². The van der Waals surface area contributed by atoms with E-state index in [4.69, 9.17) is 20.5 Å². The second kappa shape index (κ2) is 7.63. The third-order valence-electron chi connectivity index (χ3n) is 5.26. The van der Waals surface area contributed by atoms with Crippen LogP contribution in [0.5, 0.6) is 5.75 Å². The first-order valence-electron chi connectivity index (χ1n) is 9.74. The van der Waals surface area contributed by atoms with E-state index in [9.17, 15) is 0 Å². The van der Waals surface area contributed by atoms with Gasteiger partial charge in [0.05, 0.1) is 12.8 Å². The third-order valence-corrected chi connectivity index (χ3v) is 5.26. The molecule has 0 saturated heterocycles. The fourth-order valence-corrected chi connectivity index (χ4v) is 3.60. The summed E-state index contributed by atoms with van der Waals surface area (Å²) < 4.78 is 5.39. The van der Waals surface area contributed by atoms with Crippen molar-refractivity contribution in [2.45, 2.75) is 12.6 Å². The molecular formula is C24H25N5O. The second-order valence-corrected chi connectivity index (χ2v) is 7.48. The van der Waals surface area contributed by atoms with Gasteiger partial charge in [-0.3, -0.25) is 0 Å². The summed E-state index contributed by atoms with van der Waals surface area (Å²) in [5.74, 6) is 2.10. The number of pyridine rings is 1. The minimum Gasteiger partial charge on any atom is -0.497 e. The SMILES string of the molecule is COc1cccc(-c2cccc(C3(c4ccnc(N(C)C)c4)N=C(C)C(N)=N3)c2)c1. The van der Waals surface area contributed by atoms with E-state index in [0.29, 0.717) is 5.84 Å². The Morgan fingerprint density at radius 1 is 0.900 bits per heavy atom. The summed E-state index contributed by atoms with van der Waals surface area (Å²) in [5, 5.41) is 0. The van der Waals surface area contributed by atoms with Crippen molar-refractivity contribution < 1.29 is 4.74 Å². The molecule has 2 N–H and O–H groups in total. The Morgan fingerprint density at radius 2 is 1.60 bits per heavy atom. The summed E-state index contributed by atoms with van der Waals surface area (Å²) >= 11 is 0. The lowest BCUT2D eigenvalue weighted by Gasteiger charge is -2.26. The lowest BCUT2D eigenvalue weighted by atomic mass is 9.90. The van der Waals surface area contributed by atoms with Crippen LogP contribution in [0, 0.1) is 0 Å². The highest BCUT2D eigenvalue weighted by Crippen LogP contribution is 2.40. The average molecular weight is 399 g/mol. The Hall–Kier alpha value is -3.67. The first-order valence-corrected chi connectivity index (χ1v) is 9.74. The fourth-order valence-electron chi connectivity index (χ4n) is 3.60. The van der Waals surface area contributed by atoms with Crippen LogP contribution in [0.3, 0.4) is 0 Å². The van der Waals surface area contributed by atoms with Gasteiger partial charge in [0.2, 0.25) is 5.66 Å². The van der Waals surface area contributed by atoms with Crippen LogP contribution in [0.4, 0.5) is 5.82 Å². The summed E-state index contributed by atoms with van der Waals surface area (Å²) in [7, 11) is 5.59. The summed E-state index contributed by atoms with van der Waals surface area (Å²) in [6, 6.07) is 20.2. The van der Waals surface area contributed by atoms with Crippen LogP contribution in [-0.2, 0) is 5.66 Å². The lowest BCUT2D eigenvalue weighted by molar-refractivity contribution is 0.415. The lowest BCUT2D eigenvalue weighted by Crippen LogP contribution is -2.23. The highest BCUT2D eigenvalue weighted by molar-refractivity contribution is 6.41. The molecule has 6 nitrogen and oxygen atoms in total. The van der Waals surface area contributed by atoms with E-state index in [2.05, 4.69) is 23.2 Å². The van der Waals surface area contributed by atoms with Crippen LogP contribution >= 0.6 is 0 Å². The number of amidine groups is 1. The van der Waals surface area contributed by atoms with Gasteiger partial charge in [-0.2, -0.15) is 0 Å². The standard InChI is InChI=1S/C24H25N5O/c1-16-23(25)28-24(27-16,20-11-12-26-22(15-20)29(2)3)19-9-5-7-17(13-19)18-8-6-10-21(14-18)30-4/h5-15H,1-4H3,(H2,25,28). The van der Waals surface area contributed by atoms with Gasteiger partial charge < -0.3 is 15.4 Å². The molecule has 0 spiro atoms. The van der Waals surface area contributed by atoms with E-state index < -0.39 is 5.66 Å². The van der Waals surface area contributed by atoms with Crippen LogP contribution in [0.25, 0.3) is 11.1 Å². The van der Waals surface area contributed by atoms with Gasteiger partial charge in [-0.05, 0) is 48.4 Å². The number of methoxy groups -OCH3 is 1. The average Bonchev–Trinajstić information content (AvgIpc) is 3.09. The first-order chi connectivity index (χ1) is 14.4. The van der Waals surface area contributed by atoms with E-state index in [1.807, 2.05) is 68.4 Å². The molecule has 0 radical (unpaired) electrons. The summed E-state index contributed by atoms with van der Waals surface area (Å²) in [6.07, 6.45) is 1.78. The number of nitrogens with two attached hydrogens (primary N) is 1. The molecule has 1 aromatic heterocycles. The van der Waals surface area contributed by atoms with Crippen molar-refractivity contribution in [3.05, 3.63) is 78.0 Å². The number of hydrogen-bond acceptors (Lipinski definition) is 6. The smallest absolute Gasteiger partial charge is 0.204 e. The number of ether oxygens (including phenoxy) is 1. The molecule has 3 aromatic rings. The quantitative estimate of drug-likeness (QED) is 0.707. The minimum atomic E-state index is -0.934. The van der Waals surface area contributed by atoms with Gasteiger partial charge >= 0.3 is 0 Å². The van der Waals surface area contributed by atoms with E-state index in [1.165, 1.54) is 0 Å². The van der Waals surface area contributed by atoms with Crippen molar-refractivity contribution in [3.8, 4) is 16.9 Å². The van der Waals surface area contributed by atoms with Crippen molar-refractivity contribution in [1.29, 1.82) is 0 Å². The normalized spacial score (nSPS) is 18.0. The Balaban J connectivity index is 1.89. The fraction of sp³-hybridized carbons (Fsp3) is 0.208. The maximum atomic E-state index is 6.19. The van der Waals surface area contributed by atoms with Crippen molar-refractivity contribution in [3.63, 3.8) is 0 Å². The molecule has 30 heavy (non-hydrogen) atoms. The molecule has 2 aromatic carbocycles. The van der Waals surface area contributed by atoms with Crippen LogP contribution < -0.4 is 15.4 Å². The highest BCUT2D eigenvalue weighted by Gasteiger charge is 2.38. The molecule has 0 aliphatic carbocycles. The Labute approximate surface area is 176 Å². The molecule has 1 unspecified atom stereocenters. The van der Waals surface area contributed by atoms with Gasteiger partial charge in [0.1, 0.15) is 17.4 Å². The molecule has 1 aliphatic rings. The number of anilines is 1. The zero-order valence-corrected chi connectivity index (χ0v) is 17.6. The molecule has 0 bridgehead atoms. The number of aromatic nitrogens is 1. The topological polar surface area (TPSA) is 76.1 Å². The van der Waals surface area contributed by atoms with Gasteiger partial charge in [0, 0.05) is 31.4 Å². The van der Waals surface area contributed by atoms with E-state index in [1.54, 1.807) is 13.3 Å². The first kappa shape index (κ1) is 19.6. The van der Waals surface area contributed by atoms with Crippen molar-refractivity contribution >= 4 is 17.4 Å². The number of hydrogen-bond donors (Lipinski definition) is 1. The number of rotatable bonds is 5. The molecule has 6 heteroatoms. The van der Waals surface area contributed by atoms with E-state index in [0.717, 1.165) is 39.5 Å². The number of nitrogens with zero attached hydrogens (tertiary/aromatic N) is 4. The second-order valence-electron chi connectivity index (χ2n) is 7.48. The summed E-state index contributed by atoms with van der Waals surface area (Å²) in [6.45, 7) is 1.89. The molecule has 0 saturated carbocycles. The Bertz CT molecular complexity index is 1130. The molecule has 152 valence electrons. The molecular weight excluding hydrogens is 374 g/mol.